The van der Waals surface area contributed by atoms with E-state index in [1.165, 1.54) is 0 Å². The molecular formula is C15H29N3O2. The molecule has 1 aliphatic carbocycles. The molecule has 1 saturated heterocycles. The van der Waals surface area contributed by atoms with E-state index >= 15 is 0 Å². The molecule has 1 aliphatic heterocycles. The quantitative estimate of drug-likeness (QED) is 0.788. The second kappa shape index (κ2) is 6.41. The maximum absolute atomic E-state index is 11.7. The van der Waals surface area contributed by atoms with Crippen LogP contribution < -0.4 is 5.32 Å². The Labute approximate surface area is 122 Å². The molecule has 0 radical (unpaired) electrons. The standard InChI is InChI=1S/C15H29N3O2/c1-4-17-7-9-18(10-8-17)13-5-6-15(11-13,14(19)20)16-12(2)3/h12-13,16H,4-11H2,1-3H3,(H,19,20). The number of carboxylic acids is 1. The topological polar surface area (TPSA) is 55.8 Å². The molecule has 2 N–H and O–H groups in total. The summed E-state index contributed by atoms with van der Waals surface area (Å²) in [4.78, 5) is 16.7. The van der Waals surface area contributed by atoms with Gasteiger partial charge < -0.3 is 10.0 Å². The van der Waals surface area contributed by atoms with E-state index in [0.29, 0.717) is 6.04 Å². The minimum atomic E-state index is -0.708. The highest BCUT2D eigenvalue weighted by Crippen LogP contribution is 2.34. The van der Waals surface area contributed by atoms with Gasteiger partial charge in [-0.1, -0.05) is 6.92 Å². The van der Waals surface area contributed by atoms with Crippen LogP contribution in [0.15, 0.2) is 0 Å². The van der Waals surface area contributed by atoms with E-state index in [2.05, 4.69) is 22.0 Å². The maximum atomic E-state index is 11.7. The van der Waals surface area contributed by atoms with Crippen LogP contribution in [0, 0.1) is 0 Å². The average molecular weight is 283 g/mol. The van der Waals surface area contributed by atoms with Crippen LogP contribution in [0.3, 0.4) is 0 Å². The lowest BCUT2D eigenvalue weighted by Crippen LogP contribution is -2.55. The van der Waals surface area contributed by atoms with Crippen molar-refractivity contribution in [2.24, 2.45) is 0 Å². The summed E-state index contributed by atoms with van der Waals surface area (Å²) in [6.07, 6.45) is 2.49. The predicted molar refractivity (Wildman–Crippen MR) is 80.0 cm³/mol. The molecule has 1 saturated carbocycles. The average Bonchev–Trinajstić information content (AvgIpc) is 2.83. The summed E-state index contributed by atoms with van der Waals surface area (Å²) in [5.41, 5.74) is -0.708. The molecule has 2 fully saturated rings. The Balaban J connectivity index is 1.95. The van der Waals surface area contributed by atoms with E-state index in [0.717, 1.165) is 52.0 Å². The molecule has 5 heteroatoms. The van der Waals surface area contributed by atoms with E-state index in [1.807, 2.05) is 13.8 Å². The van der Waals surface area contributed by atoms with Gasteiger partial charge in [-0.05, 0) is 39.7 Å². The van der Waals surface area contributed by atoms with Crippen LogP contribution in [0.5, 0.6) is 0 Å². The van der Waals surface area contributed by atoms with Crippen molar-refractivity contribution in [1.82, 2.24) is 15.1 Å². The first kappa shape index (κ1) is 15.7. The fraction of sp³-hybridized carbons (Fsp3) is 0.933. The molecule has 0 aromatic heterocycles. The molecule has 2 atom stereocenters. The third kappa shape index (κ3) is 3.32. The van der Waals surface area contributed by atoms with Gasteiger partial charge in [0, 0.05) is 38.3 Å². The smallest absolute Gasteiger partial charge is 0.323 e. The number of hydrogen-bond donors (Lipinski definition) is 2. The van der Waals surface area contributed by atoms with E-state index in [1.54, 1.807) is 0 Å². The highest BCUT2D eigenvalue weighted by molar-refractivity contribution is 5.79. The molecule has 2 rings (SSSR count). The summed E-state index contributed by atoms with van der Waals surface area (Å²) in [7, 11) is 0. The molecule has 0 amide bonds. The second-order valence-electron chi connectivity index (χ2n) is 6.55. The van der Waals surface area contributed by atoms with E-state index in [4.69, 9.17) is 0 Å². The number of likely N-dealkylation sites (N-methyl/N-ethyl adjacent to an activating group) is 1. The molecule has 5 nitrogen and oxygen atoms in total. The Bertz CT molecular complexity index is 340. The minimum Gasteiger partial charge on any atom is -0.480 e. The van der Waals surface area contributed by atoms with Gasteiger partial charge in [0.2, 0.25) is 0 Å². The van der Waals surface area contributed by atoms with Crippen LogP contribution in [0.1, 0.15) is 40.0 Å². The van der Waals surface area contributed by atoms with Crippen molar-refractivity contribution in [3.63, 3.8) is 0 Å². The summed E-state index contributed by atoms with van der Waals surface area (Å²) in [5.74, 6) is -0.680. The first-order valence-electron chi connectivity index (χ1n) is 7.94. The van der Waals surface area contributed by atoms with E-state index in [-0.39, 0.29) is 6.04 Å². The van der Waals surface area contributed by atoms with Crippen molar-refractivity contribution >= 4 is 5.97 Å². The molecule has 0 bridgehead atoms. The first-order chi connectivity index (χ1) is 9.47. The van der Waals surface area contributed by atoms with Crippen molar-refractivity contribution in [1.29, 1.82) is 0 Å². The number of piperazine rings is 1. The lowest BCUT2D eigenvalue weighted by atomic mass is 9.96. The molecule has 0 aromatic carbocycles. The lowest BCUT2D eigenvalue weighted by Gasteiger charge is -2.38. The third-order valence-corrected chi connectivity index (χ3v) is 4.83. The fourth-order valence-electron chi connectivity index (χ4n) is 3.72. The van der Waals surface area contributed by atoms with E-state index in [9.17, 15) is 9.90 Å². The van der Waals surface area contributed by atoms with Crippen molar-refractivity contribution in [2.45, 2.75) is 57.7 Å². The third-order valence-electron chi connectivity index (χ3n) is 4.83. The molecule has 116 valence electrons. The maximum Gasteiger partial charge on any atom is 0.323 e. The van der Waals surface area contributed by atoms with Gasteiger partial charge in [0.15, 0.2) is 0 Å². The normalized spacial score (nSPS) is 32.9. The van der Waals surface area contributed by atoms with Crippen LogP contribution in [-0.2, 0) is 4.79 Å². The van der Waals surface area contributed by atoms with Gasteiger partial charge in [0.25, 0.3) is 0 Å². The van der Waals surface area contributed by atoms with Crippen molar-refractivity contribution in [3.05, 3.63) is 0 Å². The van der Waals surface area contributed by atoms with Crippen molar-refractivity contribution < 1.29 is 9.90 Å². The van der Waals surface area contributed by atoms with Crippen LogP contribution in [0.2, 0.25) is 0 Å². The van der Waals surface area contributed by atoms with Crippen LogP contribution in [-0.4, -0.2) is 71.2 Å². The van der Waals surface area contributed by atoms with Gasteiger partial charge in [-0.2, -0.15) is 0 Å². The molecular weight excluding hydrogens is 254 g/mol. The fourth-order valence-corrected chi connectivity index (χ4v) is 3.72. The second-order valence-corrected chi connectivity index (χ2v) is 6.55. The Morgan fingerprint density at radius 1 is 1.35 bits per heavy atom. The predicted octanol–water partition coefficient (Wildman–Crippen LogP) is 0.998. The first-order valence-corrected chi connectivity index (χ1v) is 7.94. The van der Waals surface area contributed by atoms with Gasteiger partial charge in [-0.15, -0.1) is 0 Å². The lowest BCUT2D eigenvalue weighted by molar-refractivity contribution is -0.145. The Kier molecular flexibility index (Phi) is 5.04. The van der Waals surface area contributed by atoms with E-state index < -0.39 is 11.5 Å². The summed E-state index contributed by atoms with van der Waals surface area (Å²) < 4.78 is 0. The van der Waals surface area contributed by atoms with Gasteiger partial charge in [-0.25, -0.2) is 0 Å². The van der Waals surface area contributed by atoms with Gasteiger partial charge >= 0.3 is 5.97 Å². The molecule has 1 heterocycles. The highest BCUT2D eigenvalue weighted by Gasteiger charge is 2.47. The number of hydrogen-bond acceptors (Lipinski definition) is 4. The number of carboxylic acid groups (broad SMARTS) is 1. The van der Waals surface area contributed by atoms with Gasteiger partial charge in [0.1, 0.15) is 5.54 Å². The molecule has 0 spiro atoms. The van der Waals surface area contributed by atoms with Gasteiger partial charge in [0.05, 0.1) is 0 Å². The van der Waals surface area contributed by atoms with Crippen LogP contribution in [0.4, 0.5) is 0 Å². The summed E-state index contributed by atoms with van der Waals surface area (Å²) in [6, 6.07) is 0.637. The zero-order valence-corrected chi connectivity index (χ0v) is 13.1. The van der Waals surface area contributed by atoms with Gasteiger partial charge in [-0.3, -0.25) is 15.0 Å². The highest BCUT2D eigenvalue weighted by atomic mass is 16.4. The number of nitrogens with one attached hydrogen (secondary N) is 1. The minimum absolute atomic E-state index is 0.210. The molecule has 2 unspecified atom stereocenters. The summed E-state index contributed by atoms with van der Waals surface area (Å²) in [5, 5.41) is 12.9. The molecule has 2 aliphatic rings. The SMILES string of the molecule is CCN1CCN(C2CCC(NC(C)C)(C(=O)O)C2)CC1. The zero-order chi connectivity index (χ0) is 14.8. The van der Waals surface area contributed by atoms with Crippen molar-refractivity contribution in [2.75, 3.05) is 32.7 Å². The monoisotopic (exact) mass is 283 g/mol. The number of nitrogens with zero attached hydrogens (tertiary/aromatic N) is 2. The Hall–Kier alpha value is -0.650. The summed E-state index contributed by atoms with van der Waals surface area (Å²) >= 11 is 0. The Morgan fingerprint density at radius 2 is 2.00 bits per heavy atom. The van der Waals surface area contributed by atoms with Crippen molar-refractivity contribution in [3.8, 4) is 0 Å². The zero-order valence-electron chi connectivity index (χ0n) is 13.1. The Morgan fingerprint density at radius 3 is 2.50 bits per heavy atom. The number of carbonyl (C=O) groups is 1. The number of aliphatic carboxylic acids is 1. The summed E-state index contributed by atoms with van der Waals surface area (Å²) in [6.45, 7) is 11.8. The molecule has 0 aromatic rings. The van der Waals surface area contributed by atoms with Crippen LogP contribution >= 0.6 is 0 Å². The van der Waals surface area contributed by atoms with Crippen LogP contribution in [0.25, 0.3) is 0 Å². The molecule has 20 heavy (non-hydrogen) atoms. The number of rotatable bonds is 5. The largest absolute Gasteiger partial charge is 0.480 e.